The largest absolute Gasteiger partial charge is 0.416 e. The highest BCUT2D eigenvalue weighted by Crippen LogP contribution is 2.64. The predicted octanol–water partition coefficient (Wildman–Crippen LogP) is 5.23. The highest BCUT2D eigenvalue weighted by molar-refractivity contribution is 7.99. The summed E-state index contributed by atoms with van der Waals surface area (Å²) in [6.45, 7) is 4.37. The van der Waals surface area contributed by atoms with E-state index in [2.05, 4.69) is 19.7 Å². The third kappa shape index (κ3) is 4.86. The van der Waals surface area contributed by atoms with Gasteiger partial charge in [0, 0.05) is 38.5 Å². The number of thioether (sulfide) groups is 1. The van der Waals surface area contributed by atoms with Gasteiger partial charge in [0.05, 0.1) is 5.56 Å². The molecule has 2 aliphatic heterocycles. The van der Waals surface area contributed by atoms with Gasteiger partial charge in [0.15, 0.2) is 5.16 Å². The van der Waals surface area contributed by atoms with Gasteiger partial charge in [-0.05, 0) is 74.2 Å². The molecule has 1 aromatic heterocycles. The second-order valence-corrected chi connectivity index (χ2v) is 10.9. The van der Waals surface area contributed by atoms with Crippen LogP contribution in [-0.4, -0.2) is 58.3 Å². The van der Waals surface area contributed by atoms with E-state index in [1.165, 1.54) is 6.07 Å². The average molecular weight is 499 g/mol. The fourth-order valence-electron chi connectivity index (χ4n) is 5.61. The third-order valence-corrected chi connectivity index (χ3v) is 8.77. The second-order valence-electron chi connectivity index (χ2n) is 9.87. The zero-order valence-electron chi connectivity index (χ0n) is 19.3. The van der Waals surface area contributed by atoms with Crippen LogP contribution in [0.2, 0.25) is 0 Å². The maximum atomic E-state index is 14.4. The molecule has 2 aromatic rings. The summed E-state index contributed by atoms with van der Waals surface area (Å²) in [5.74, 6) is 1.71. The summed E-state index contributed by atoms with van der Waals surface area (Å²) in [6, 6.07) is 2.99. The molecule has 5 nitrogen and oxygen atoms in total. The molecule has 1 saturated carbocycles. The maximum Gasteiger partial charge on any atom is 0.416 e. The molecular formula is C24H30F4N4OS. The molecule has 0 radical (unpaired) electrons. The molecule has 5 rings (SSSR count). The Morgan fingerprint density at radius 1 is 1.21 bits per heavy atom. The Morgan fingerprint density at radius 3 is 2.74 bits per heavy atom. The highest BCUT2D eigenvalue weighted by Gasteiger charge is 2.58. The molecule has 1 unspecified atom stereocenters. The van der Waals surface area contributed by atoms with Crippen molar-refractivity contribution in [2.24, 2.45) is 12.5 Å². The van der Waals surface area contributed by atoms with Crippen LogP contribution in [0.4, 0.5) is 17.6 Å². The van der Waals surface area contributed by atoms with E-state index in [0.717, 1.165) is 87.8 Å². The van der Waals surface area contributed by atoms with Crippen LogP contribution in [0.3, 0.4) is 0 Å². The molecule has 34 heavy (non-hydrogen) atoms. The van der Waals surface area contributed by atoms with Crippen molar-refractivity contribution in [1.82, 2.24) is 19.7 Å². The summed E-state index contributed by atoms with van der Waals surface area (Å²) < 4.78 is 60.5. The van der Waals surface area contributed by atoms with Crippen molar-refractivity contribution in [2.45, 2.75) is 55.3 Å². The van der Waals surface area contributed by atoms with E-state index in [1.54, 1.807) is 11.8 Å². The standard InChI is InChI=1S/C24H30F4N4OS/c1-31-21(16-5-10-33-11-6-16)29-30-22(31)34-12-2-8-32-9-7-23(15-32)14-19(23)18-4-3-17(13-20(18)25)24(26,27)28/h3-4,13,16,19H,2,5-12,14-15H2,1H3/t19?,23-/m0/s1. The summed E-state index contributed by atoms with van der Waals surface area (Å²) in [4.78, 5) is 2.41. The van der Waals surface area contributed by atoms with Gasteiger partial charge in [-0.3, -0.25) is 0 Å². The SMILES string of the molecule is Cn1c(SCCCN2CC[C@]3(CC3c3ccc(C(F)(F)F)cc3F)C2)nnc1C1CCOCC1. The molecule has 3 fully saturated rings. The molecule has 3 heterocycles. The van der Waals surface area contributed by atoms with Crippen molar-refractivity contribution in [1.29, 1.82) is 0 Å². The van der Waals surface area contributed by atoms with E-state index < -0.39 is 17.6 Å². The van der Waals surface area contributed by atoms with Gasteiger partial charge in [0.25, 0.3) is 0 Å². The number of hydrogen-bond acceptors (Lipinski definition) is 5. The number of halogens is 4. The van der Waals surface area contributed by atoms with E-state index in [-0.39, 0.29) is 11.3 Å². The number of likely N-dealkylation sites (tertiary alicyclic amines) is 1. The average Bonchev–Trinajstić information content (AvgIpc) is 3.14. The molecule has 0 N–H and O–H groups in total. The Hall–Kier alpha value is -1.65. The minimum absolute atomic E-state index is 0.0237. The number of aromatic nitrogens is 3. The van der Waals surface area contributed by atoms with Gasteiger partial charge in [-0.2, -0.15) is 13.2 Å². The van der Waals surface area contributed by atoms with Crippen molar-refractivity contribution >= 4 is 11.8 Å². The highest BCUT2D eigenvalue weighted by atomic mass is 32.2. The zero-order chi connectivity index (χ0) is 23.9. The summed E-state index contributed by atoms with van der Waals surface area (Å²) in [6.07, 6.45) is 0.312. The van der Waals surface area contributed by atoms with Gasteiger partial charge in [0.2, 0.25) is 0 Å². The molecule has 186 valence electrons. The first-order valence-corrected chi connectivity index (χ1v) is 12.9. The number of hydrogen-bond donors (Lipinski definition) is 0. The van der Waals surface area contributed by atoms with Crippen molar-refractivity contribution in [3.63, 3.8) is 0 Å². The van der Waals surface area contributed by atoms with Gasteiger partial charge in [0.1, 0.15) is 11.6 Å². The van der Waals surface area contributed by atoms with Crippen molar-refractivity contribution in [2.75, 3.05) is 38.6 Å². The summed E-state index contributed by atoms with van der Waals surface area (Å²) in [5, 5.41) is 9.74. The first-order chi connectivity index (χ1) is 16.3. The van der Waals surface area contributed by atoms with Gasteiger partial charge >= 0.3 is 6.18 Å². The van der Waals surface area contributed by atoms with Crippen LogP contribution < -0.4 is 0 Å². The monoisotopic (exact) mass is 498 g/mol. The summed E-state index contributed by atoms with van der Waals surface area (Å²) in [7, 11) is 2.03. The molecule has 0 amide bonds. The van der Waals surface area contributed by atoms with Crippen LogP contribution in [0, 0.1) is 11.2 Å². The first kappa shape index (κ1) is 24.1. The Bertz CT molecular complexity index is 1020. The number of rotatable bonds is 7. The lowest BCUT2D eigenvalue weighted by Crippen LogP contribution is -2.23. The molecular weight excluding hydrogens is 468 g/mol. The Balaban J connectivity index is 1.09. The number of alkyl halides is 3. The molecule has 3 aliphatic rings. The molecule has 1 spiro atoms. The minimum Gasteiger partial charge on any atom is -0.381 e. The van der Waals surface area contributed by atoms with Crippen LogP contribution in [0.25, 0.3) is 0 Å². The Morgan fingerprint density at radius 2 is 2.00 bits per heavy atom. The molecule has 1 aliphatic carbocycles. The molecule has 1 aromatic carbocycles. The van der Waals surface area contributed by atoms with E-state index in [9.17, 15) is 17.6 Å². The lowest BCUT2D eigenvalue weighted by atomic mass is 9.97. The van der Waals surface area contributed by atoms with E-state index in [1.807, 2.05) is 7.05 Å². The lowest BCUT2D eigenvalue weighted by Gasteiger charge is -2.21. The smallest absolute Gasteiger partial charge is 0.381 e. The quantitative estimate of drug-likeness (QED) is 0.297. The van der Waals surface area contributed by atoms with Crippen molar-refractivity contribution in [3.05, 3.63) is 41.0 Å². The summed E-state index contributed by atoms with van der Waals surface area (Å²) in [5.41, 5.74) is -0.458. The molecule has 2 atom stereocenters. The van der Waals surface area contributed by atoms with Gasteiger partial charge < -0.3 is 14.2 Å². The second kappa shape index (κ2) is 9.43. The van der Waals surface area contributed by atoms with Crippen LogP contribution in [0.5, 0.6) is 0 Å². The minimum atomic E-state index is -4.51. The van der Waals surface area contributed by atoms with Crippen LogP contribution in [-0.2, 0) is 18.0 Å². The Kier molecular flexibility index (Phi) is 6.67. The Labute approximate surface area is 201 Å². The normalized spacial score (nSPS) is 26.0. The first-order valence-electron chi connectivity index (χ1n) is 12.0. The third-order valence-electron chi connectivity index (χ3n) is 7.66. The molecule has 2 saturated heterocycles. The zero-order valence-corrected chi connectivity index (χ0v) is 20.1. The van der Waals surface area contributed by atoms with Crippen molar-refractivity contribution < 1.29 is 22.3 Å². The molecule has 10 heteroatoms. The lowest BCUT2D eigenvalue weighted by molar-refractivity contribution is -0.137. The van der Waals surface area contributed by atoms with Crippen molar-refractivity contribution in [3.8, 4) is 0 Å². The van der Waals surface area contributed by atoms with Gasteiger partial charge in [-0.1, -0.05) is 17.8 Å². The van der Waals surface area contributed by atoms with E-state index >= 15 is 0 Å². The van der Waals surface area contributed by atoms with Crippen LogP contribution in [0.1, 0.15) is 60.9 Å². The predicted molar refractivity (Wildman–Crippen MR) is 121 cm³/mol. The van der Waals surface area contributed by atoms with Crippen LogP contribution >= 0.6 is 11.8 Å². The number of nitrogens with zero attached hydrogens (tertiary/aromatic N) is 4. The number of benzene rings is 1. The van der Waals surface area contributed by atoms with Crippen LogP contribution in [0.15, 0.2) is 23.4 Å². The van der Waals surface area contributed by atoms with E-state index in [4.69, 9.17) is 4.74 Å². The maximum absolute atomic E-state index is 14.4. The van der Waals surface area contributed by atoms with Gasteiger partial charge in [-0.25, -0.2) is 4.39 Å². The van der Waals surface area contributed by atoms with E-state index in [0.29, 0.717) is 17.5 Å². The van der Waals surface area contributed by atoms with Gasteiger partial charge in [-0.15, -0.1) is 10.2 Å². The fourth-order valence-corrected chi connectivity index (χ4v) is 6.46. The topological polar surface area (TPSA) is 43.2 Å². The fraction of sp³-hybridized carbons (Fsp3) is 0.667. The molecule has 0 bridgehead atoms. The summed E-state index contributed by atoms with van der Waals surface area (Å²) >= 11 is 1.72. The number of ether oxygens (including phenoxy) is 1.